The van der Waals surface area contributed by atoms with Crippen LogP contribution in [0.5, 0.6) is 5.75 Å². The van der Waals surface area contributed by atoms with Gasteiger partial charge in [-0.25, -0.2) is 27.6 Å². The third kappa shape index (κ3) is 6.02. The van der Waals surface area contributed by atoms with E-state index in [1.165, 1.54) is 24.3 Å². The Morgan fingerprint density at radius 3 is 2.11 bits per heavy atom. The lowest BCUT2D eigenvalue weighted by atomic mass is 10.2. The van der Waals surface area contributed by atoms with Gasteiger partial charge in [0.05, 0.1) is 22.5 Å². The first kappa shape index (κ1) is 20.3. The summed E-state index contributed by atoms with van der Waals surface area (Å²) in [5, 5.41) is 25.2. The maximum absolute atomic E-state index is 12.1. The highest BCUT2D eigenvalue weighted by atomic mass is 32.2. The molecule has 0 fully saturated rings. The van der Waals surface area contributed by atoms with Crippen LogP contribution in [-0.4, -0.2) is 41.4 Å². The molecule has 0 heterocycles. The molecule has 4 N–H and O–H groups in total. The Labute approximate surface area is 152 Å². The van der Waals surface area contributed by atoms with Crippen molar-refractivity contribution >= 4 is 22.1 Å². The number of hydrogen-bond acceptors (Lipinski definition) is 9. The second-order valence-corrected chi connectivity index (χ2v) is 6.68. The van der Waals surface area contributed by atoms with Crippen molar-refractivity contribution in [2.24, 2.45) is 0 Å². The van der Waals surface area contributed by atoms with Crippen molar-refractivity contribution in [3.8, 4) is 5.75 Å². The molecular formula is C15H14N2O9S. The van der Waals surface area contributed by atoms with Gasteiger partial charge in [-0.2, -0.15) is 0 Å². The Kier molecular flexibility index (Phi) is 6.44. The number of carboxylic acid groups (broad SMARTS) is 1. The van der Waals surface area contributed by atoms with Gasteiger partial charge in [-0.05, 0) is 42.0 Å². The van der Waals surface area contributed by atoms with E-state index in [1.54, 1.807) is 4.72 Å². The molecule has 144 valence electrons. The van der Waals surface area contributed by atoms with Gasteiger partial charge in [0, 0.05) is 0 Å². The average molecular weight is 398 g/mol. The summed E-state index contributed by atoms with van der Waals surface area (Å²) in [6.45, 7) is -0.166. The summed E-state index contributed by atoms with van der Waals surface area (Å²) in [4.78, 5) is 26.6. The zero-order chi connectivity index (χ0) is 20.0. The fourth-order valence-electron chi connectivity index (χ4n) is 1.86. The minimum Gasteiger partial charge on any atom is -0.478 e. The van der Waals surface area contributed by atoms with Crippen LogP contribution in [0.1, 0.15) is 15.9 Å². The number of amides is 1. The molecule has 0 aliphatic carbocycles. The van der Waals surface area contributed by atoms with Crippen molar-refractivity contribution in [1.29, 1.82) is 0 Å². The number of nitrogens with zero attached hydrogens (tertiary/aromatic N) is 1. The van der Waals surface area contributed by atoms with Gasteiger partial charge in [-0.3, -0.25) is 10.4 Å². The minimum atomic E-state index is -4.25. The van der Waals surface area contributed by atoms with Crippen molar-refractivity contribution in [3.05, 3.63) is 59.7 Å². The number of carbonyl (C=O) groups excluding carboxylic acids is 1. The SMILES string of the molecule is O=C(NS(=O)(=O)c1ccc(C(=O)O)cc1)Oc1ccc(CON(O)O)cc1. The molecule has 0 unspecified atom stereocenters. The Bertz CT molecular complexity index is 909. The predicted octanol–water partition coefficient (Wildman–Crippen LogP) is 1.37. The number of sulfonamides is 1. The first-order valence-corrected chi connectivity index (χ1v) is 8.63. The molecule has 2 rings (SSSR count). The molecule has 0 aromatic heterocycles. The van der Waals surface area contributed by atoms with Gasteiger partial charge < -0.3 is 9.84 Å². The number of rotatable bonds is 7. The number of hydrogen-bond donors (Lipinski definition) is 4. The van der Waals surface area contributed by atoms with Gasteiger partial charge in [0.15, 0.2) is 0 Å². The number of carbonyl (C=O) groups is 2. The van der Waals surface area contributed by atoms with Crippen LogP contribution in [0.25, 0.3) is 0 Å². The maximum atomic E-state index is 12.1. The second kappa shape index (κ2) is 8.57. The lowest BCUT2D eigenvalue weighted by Gasteiger charge is -2.09. The molecule has 0 bridgehead atoms. The number of benzene rings is 2. The fraction of sp³-hybridized carbons (Fsp3) is 0.0667. The van der Waals surface area contributed by atoms with Crippen LogP contribution in [0.4, 0.5) is 4.79 Å². The van der Waals surface area contributed by atoms with Gasteiger partial charge >= 0.3 is 12.1 Å². The molecule has 0 saturated heterocycles. The first-order valence-electron chi connectivity index (χ1n) is 7.15. The van der Waals surface area contributed by atoms with Crippen LogP contribution in [0.15, 0.2) is 53.4 Å². The van der Waals surface area contributed by atoms with Crippen LogP contribution in [0, 0.1) is 0 Å². The summed E-state index contributed by atoms with van der Waals surface area (Å²) in [6, 6.07) is 9.83. The molecule has 0 atom stereocenters. The van der Waals surface area contributed by atoms with E-state index in [-0.39, 0.29) is 22.8 Å². The average Bonchev–Trinajstić information content (AvgIpc) is 2.60. The fourth-order valence-corrected chi connectivity index (χ4v) is 2.73. The molecule has 0 saturated carbocycles. The smallest absolute Gasteiger partial charge is 0.426 e. The van der Waals surface area contributed by atoms with Crippen LogP contribution in [-0.2, 0) is 21.5 Å². The van der Waals surface area contributed by atoms with E-state index in [1.807, 2.05) is 0 Å². The van der Waals surface area contributed by atoms with Gasteiger partial charge in [-0.1, -0.05) is 12.1 Å². The summed E-state index contributed by atoms with van der Waals surface area (Å²) in [5.74, 6) is -1.19. The number of ether oxygens (including phenoxy) is 1. The molecule has 1 amide bonds. The van der Waals surface area contributed by atoms with Crippen LogP contribution in [0.2, 0.25) is 0 Å². The van der Waals surface area contributed by atoms with Crippen molar-refractivity contribution < 1.29 is 43.1 Å². The molecule has 0 aliphatic heterocycles. The van der Waals surface area contributed by atoms with Crippen molar-refractivity contribution in [1.82, 2.24) is 10.1 Å². The Morgan fingerprint density at radius 2 is 1.59 bits per heavy atom. The van der Waals surface area contributed by atoms with E-state index in [0.717, 1.165) is 24.3 Å². The Hall–Kier alpha value is -3.03. The van der Waals surface area contributed by atoms with E-state index < -0.39 is 27.5 Å². The molecular weight excluding hydrogens is 384 g/mol. The first-order chi connectivity index (χ1) is 12.7. The largest absolute Gasteiger partial charge is 0.478 e. The summed E-state index contributed by atoms with van der Waals surface area (Å²) in [6.07, 6.45) is -1.27. The van der Waals surface area contributed by atoms with E-state index in [4.69, 9.17) is 20.3 Å². The maximum Gasteiger partial charge on any atom is 0.426 e. The van der Waals surface area contributed by atoms with Gasteiger partial charge in [0.2, 0.25) is 0 Å². The molecule has 0 spiro atoms. The normalized spacial score (nSPS) is 11.2. The topological polar surface area (TPSA) is 163 Å². The van der Waals surface area contributed by atoms with Gasteiger partial charge in [0.1, 0.15) is 5.75 Å². The van der Waals surface area contributed by atoms with Crippen molar-refractivity contribution in [2.75, 3.05) is 0 Å². The number of aromatic carboxylic acids is 1. The van der Waals surface area contributed by atoms with Crippen LogP contribution in [0.3, 0.4) is 0 Å². The molecule has 12 heteroatoms. The lowest BCUT2D eigenvalue weighted by molar-refractivity contribution is -0.497. The number of carboxylic acids is 1. The van der Waals surface area contributed by atoms with E-state index in [0.29, 0.717) is 5.56 Å². The quantitative estimate of drug-likeness (QED) is 0.501. The van der Waals surface area contributed by atoms with Crippen LogP contribution < -0.4 is 9.46 Å². The van der Waals surface area contributed by atoms with Crippen molar-refractivity contribution in [3.63, 3.8) is 0 Å². The molecule has 2 aromatic carbocycles. The highest BCUT2D eigenvalue weighted by Gasteiger charge is 2.19. The third-order valence-corrected chi connectivity index (χ3v) is 4.44. The summed E-state index contributed by atoms with van der Waals surface area (Å²) in [7, 11) is -4.25. The molecule has 0 radical (unpaired) electrons. The van der Waals surface area contributed by atoms with Crippen molar-refractivity contribution in [2.45, 2.75) is 11.5 Å². The lowest BCUT2D eigenvalue weighted by Crippen LogP contribution is -2.33. The van der Waals surface area contributed by atoms with Crippen LogP contribution >= 0.6 is 0 Å². The summed E-state index contributed by atoms with van der Waals surface area (Å²) in [5.41, 5.74) is 0.410. The summed E-state index contributed by atoms with van der Waals surface area (Å²) >= 11 is 0. The molecule has 2 aromatic rings. The molecule has 0 aliphatic rings. The summed E-state index contributed by atoms with van der Waals surface area (Å²) < 4.78 is 30.7. The minimum absolute atomic E-state index is 0.0255. The molecule has 11 nitrogen and oxygen atoms in total. The third-order valence-electron chi connectivity index (χ3n) is 3.11. The monoisotopic (exact) mass is 398 g/mol. The second-order valence-electron chi connectivity index (χ2n) is 4.99. The number of nitrogens with one attached hydrogen (secondary N) is 1. The molecule has 27 heavy (non-hydrogen) atoms. The van der Waals surface area contributed by atoms with Gasteiger partial charge in [0.25, 0.3) is 10.0 Å². The standard InChI is InChI=1S/C15H14N2O9S/c18-14(19)11-3-7-13(8-4-11)27(23,24)16-15(20)26-12-5-1-10(2-6-12)9-25-17(21)22/h1-8,21-22H,9H2,(H,16,20)(H,18,19). The van der Waals surface area contributed by atoms with E-state index in [9.17, 15) is 18.0 Å². The van der Waals surface area contributed by atoms with Gasteiger partial charge in [-0.15, -0.1) is 0 Å². The predicted molar refractivity (Wildman–Crippen MR) is 86.4 cm³/mol. The Balaban J connectivity index is 1.98. The van der Waals surface area contributed by atoms with E-state index in [2.05, 4.69) is 4.84 Å². The van der Waals surface area contributed by atoms with E-state index >= 15 is 0 Å². The Morgan fingerprint density at radius 1 is 1.00 bits per heavy atom. The highest BCUT2D eigenvalue weighted by Crippen LogP contribution is 2.15. The highest BCUT2D eigenvalue weighted by molar-refractivity contribution is 7.90. The zero-order valence-corrected chi connectivity index (χ0v) is 14.3. The zero-order valence-electron chi connectivity index (χ0n) is 13.5.